The molecule has 198 valence electrons. The van der Waals surface area contributed by atoms with Gasteiger partial charge in [-0.2, -0.15) is 0 Å². The number of nitrogens with one attached hydrogen (secondary N) is 2. The molecule has 3 aromatic rings. The first-order valence-electron chi connectivity index (χ1n) is 12.9. The van der Waals surface area contributed by atoms with Gasteiger partial charge in [0.05, 0.1) is 28.2 Å². The van der Waals surface area contributed by atoms with E-state index in [1.807, 2.05) is 56.6 Å². The van der Waals surface area contributed by atoms with Crippen LogP contribution in [0.25, 0.3) is 10.4 Å². The number of amidine groups is 1. The van der Waals surface area contributed by atoms with E-state index < -0.39 is 18.2 Å². The van der Waals surface area contributed by atoms with Crippen LogP contribution in [0.15, 0.2) is 54.0 Å². The van der Waals surface area contributed by atoms with Crippen LogP contribution in [-0.4, -0.2) is 62.3 Å². The number of rotatable bonds is 7. The molecule has 0 unspecified atom stereocenters. The van der Waals surface area contributed by atoms with Gasteiger partial charge < -0.3 is 20.2 Å². The number of amides is 2. The Morgan fingerprint density at radius 3 is 2.61 bits per heavy atom. The fourth-order valence-electron chi connectivity index (χ4n) is 5.45. The molecule has 2 aliphatic heterocycles. The summed E-state index contributed by atoms with van der Waals surface area (Å²) in [6, 6.07) is 14.4. The summed E-state index contributed by atoms with van der Waals surface area (Å²) in [4.78, 5) is 35.7. The van der Waals surface area contributed by atoms with Gasteiger partial charge in [0.1, 0.15) is 11.9 Å². The lowest BCUT2D eigenvalue weighted by Crippen LogP contribution is -2.55. The van der Waals surface area contributed by atoms with Gasteiger partial charge in [-0.15, -0.1) is 11.3 Å². The number of likely N-dealkylation sites (tertiary alicyclic amines) is 1. The van der Waals surface area contributed by atoms with E-state index in [4.69, 9.17) is 5.41 Å². The number of hydrogen-bond acceptors (Lipinski definition) is 6. The number of benzene rings is 2. The molecule has 2 aromatic carbocycles. The van der Waals surface area contributed by atoms with Crippen LogP contribution < -0.4 is 5.32 Å². The predicted molar refractivity (Wildman–Crippen MR) is 148 cm³/mol. The lowest BCUT2D eigenvalue weighted by Gasteiger charge is -2.35. The second-order valence-corrected chi connectivity index (χ2v) is 11.3. The number of aromatic nitrogens is 1. The summed E-state index contributed by atoms with van der Waals surface area (Å²) < 4.78 is 0. The molecule has 0 aliphatic carbocycles. The average molecular weight is 532 g/mol. The van der Waals surface area contributed by atoms with Crippen LogP contribution in [0.1, 0.15) is 47.4 Å². The standard InChI is InChI=1S/C29H33N5O3S/c1-17(2)25(34-14-21-6-4-5-7-23(21)28(34)36)29(37)33-15-22(35)12-24(33)27(30)31-13-19-8-10-20(11-9-19)26-18(3)32-16-38-26/h4-11,16-17,22,24-25,35H,12-15H2,1-3H3,(H2,30,31)/t22-,24+,25+/m1/s1. The van der Waals surface area contributed by atoms with Crippen molar-refractivity contribution in [3.63, 3.8) is 0 Å². The van der Waals surface area contributed by atoms with Crippen molar-refractivity contribution in [1.29, 1.82) is 5.41 Å². The molecule has 3 heterocycles. The Kier molecular flexibility index (Phi) is 7.32. The van der Waals surface area contributed by atoms with Gasteiger partial charge in [-0.1, -0.05) is 56.3 Å². The lowest BCUT2D eigenvalue weighted by atomic mass is 10.00. The third-order valence-corrected chi connectivity index (χ3v) is 8.39. The van der Waals surface area contributed by atoms with Crippen molar-refractivity contribution >= 4 is 29.0 Å². The van der Waals surface area contributed by atoms with E-state index in [-0.39, 0.29) is 30.1 Å². The van der Waals surface area contributed by atoms with Crippen LogP contribution in [0, 0.1) is 18.3 Å². The highest BCUT2D eigenvalue weighted by Gasteiger charge is 2.44. The van der Waals surface area contributed by atoms with Gasteiger partial charge in [0.15, 0.2) is 0 Å². The van der Waals surface area contributed by atoms with Crippen molar-refractivity contribution in [3.8, 4) is 10.4 Å². The molecule has 9 heteroatoms. The van der Waals surface area contributed by atoms with E-state index in [1.165, 1.54) is 0 Å². The van der Waals surface area contributed by atoms with E-state index in [2.05, 4.69) is 22.4 Å². The summed E-state index contributed by atoms with van der Waals surface area (Å²) in [6.07, 6.45) is -0.424. The van der Waals surface area contributed by atoms with Crippen molar-refractivity contribution in [2.24, 2.45) is 5.92 Å². The van der Waals surface area contributed by atoms with Crippen LogP contribution in [0.5, 0.6) is 0 Å². The molecule has 5 rings (SSSR count). The minimum absolute atomic E-state index is 0.123. The Hall–Kier alpha value is -3.56. The molecular formula is C29H33N5O3S. The summed E-state index contributed by atoms with van der Waals surface area (Å²) in [5, 5.41) is 22.4. The zero-order valence-corrected chi connectivity index (χ0v) is 22.7. The molecule has 2 amide bonds. The molecular weight excluding hydrogens is 498 g/mol. The van der Waals surface area contributed by atoms with Gasteiger partial charge in [0, 0.05) is 31.6 Å². The Labute approximate surface area is 226 Å². The van der Waals surface area contributed by atoms with Crippen LogP contribution in [0.3, 0.4) is 0 Å². The summed E-state index contributed by atoms with van der Waals surface area (Å²) in [7, 11) is 0. The van der Waals surface area contributed by atoms with E-state index in [0.29, 0.717) is 25.1 Å². The fraction of sp³-hybridized carbons (Fsp3) is 0.379. The molecule has 38 heavy (non-hydrogen) atoms. The number of thiazole rings is 1. The number of carbonyl (C=O) groups is 2. The van der Waals surface area contributed by atoms with Gasteiger partial charge in [0.2, 0.25) is 5.91 Å². The summed E-state index contributed by atoms with van der Waals surface area (Å²) >= 11 is 1.61. The van der Waals surface area contributed by atoms with Crippen LogP contribution in [-0.2, 0) is 17.9 Å². The maximum Gasteiger partial charge on any atom is 0.255 e. The number of carbonyl (C=O) groups excluding carboxylic acids is 2. The number of nitrogens with zero attached hydrogens (tertiary/aromatic N) is 3. The number of aryl methyl sites for hydroxylation is 1. The highest BCUT2D eigenvalue weighted by atomic mass is 32.1. The summed E-state index contributed by atoms with van der Waals surface area (Å²) in [5.74, 6) is -0.300. The first-order valence-corrected chi connectivity index (χ1v) is 13.8. The van der Waals surface area contributed by atoms with Crippen molar-refractivity contribution in [2.45, 2.75) is 58.5 Å². The van der Waals surface area contributed by atoms with E-state index >= 15 is 0 Å². The first-order chi connectivity index (χ1) is 18.2. The molecule has 1 fully saturated rings. The Bertz CT molecular complexity index is 1350. The van der Waals surface area contributed by atoms with Crippen molar-refractivity contribution in [3.05, 3.63) is 76.4 Å². The fourth-order valence-corrected chi connectivity index (χ4v) is 6.26. The topological polar surface area (TPSA) is 110 Å². The largest absolute Gasteiger partial charge is 0.391 e. The molecule has 0 bridgehead atoms. The molecule has 0 saturated carbocycles. The quantitative estimate of drug-likeness (QED) is 0.317. The zero-order valence-electron chi connectivity index (χ0n) is 21.8. The Balaban J connectivity index is 1.27. The van der Waals surface area contributed by atoms with E-state index in [0.717, 1.165) is 27.3 Å². The first kappa shape index (κ1) is 26.1. The number of β-amino-alcohol motifs (C(OH)–C–C–N with tert-alkyl or cyclic N) is 1. The normalized spacial score (nSPS) is 19.7. The molecule has 3 atom stereocenters. The molecule has 3 N–H and O–H groups in total. The predicted octanol–water partition coefficient (Wildman–Crippen LogP) is 3.83. The molecule has 0 spiro atoms. The maximum atomic E-state index is 13.9. The summed E-state index contributed by atoms with van der Waals surface area (Å²) in [6.45, 7) is 6.83. The molecule has 0 radical (unpaired) electrons. The second kappa shape index (κ2) is 10.7. The highest BCUT2D eigenvalue weighted by Crippen LogP contribution is 2.30. The number of fused-ring (bicyclic) bond motifs is 1. The number of aliphatic hydroxyl groups is 1. The monoisotopic (exact) mass is 531 g/mol. The smallest absolute Gasteiger partial charge is 0.255 e. The van der Waals surface area contributed by atoms with Gasteiger partial charge in [0.25, 0.3) is 5.91 Å². The van der Waals surface area contributed by atoms with Gasteiger partial charge in [-0.3, -0.25) is 15.0 Å². The van der Waals surface area contributed by atoms with E-state index in [9.17, 15) is 14.7 Å². The zero-order chi connectivity index (χ0) is 27.0. The van der Waals surface area contributed by atoms with Crippen molar-refractivity contribution < 1.29 is 14.7 Å². The van der Waals surface area contributed by atoms with Crippen LogP contribution >= 0.6 is 11.3 Å². The molecule has 1 aromatic heterocycles. The highest BCUT2D eigenvalue weighted by molar-refractivity contribution is 7.13. The van der Waals surface area contributed by atoms with Gasteiger partial charge >= 0.3 is 0 Å². The van der Waals surface area contributed by atoms with Crippen molar-refractivity contribution in [1.82, 2.24) is 20.1 Å². The Morgan fingerprint density at radius 1 is 1.21 bits per heavy atom. The lowest BCUT2D eigenvalue weighted by molar-refractivity contribution is -0.138. The van der Waals surface area contributed by atoms with Gasteiger partial charge in [-0.25, -0.2) is 4.98 Å². The average Bonchev–Trinajstić information content (AvgIpc) is 3.60. The van der Waals surface area contributed by atoms with E-state index in [1.54, 1.807) is 27.2 Å². The number of aliphatic hydroxyl groups excluding tert-OH is 1. The third-order valence-electron chi connectivity index (χ3n) is 7.41. The third kappa shape index (κ3) is 4.96. The molecule has 2 aliphatic rings. The minimum Gasteiger partial charge on any atom is -0.391 e. The van der Waals surface area contributed by atoms with Crippen LogP contribution in [0.4, 0.5) is 0 Å². The minimum atomic E-state index is -0.715. The number of hydrogen-bond donors (Lipinski definition) is 3. The molecule has 1 saturated heterocycles. The SMILES string of the molecule is Cc1ncsc1-c1ccc(CNC(=N)[C@@H]2C[C@@H](O)CN2C(=O)[C@H](C(C)C)N2Cc3ccccc3C2=O)cc1. The summed E-state index contributed by atoms with van der Waals surface area (Å²) in [5.41, 5.74) is 6.52. The Morgan fingerprint density at radius 2 is 1.95 bits per heavy atom. The van der Waals surface area contributed by atoms with Gasteiger partial charge in [-0.05, 0) is 35.6 Å². The molecule has 8 nitrogen and oxygen atoms in total. The second-order valence-electron chi connectivity index (χ2n) is 10.4. The van der Waals surface area contributed by atoms with Crippen LogP contribution in [0.2, 0.25) is 0 Å². The van der Waals surface area contributed by atoms with Crippen molar-refractivity contribution in [2.75, 3.05) is 6.54 Å². The maximum absolute atomic E-state index is 13.9.